The second kappa shape index (κ2) is 7.94. The van der Waals surface area contributed by atoms with Gasteiger partial charge in [0.2, 0.25) is 0 Å². The normalized spacial score (nSPS) is 12.4. The highest BCUT2D eigenvalue weighted by Gasteiger charge is 2.19. The maximum atomic E-state index is 11.1. The predicted molar refractivity (Wildman–Crippen MR) is 81.1 cm³/mol. The van der Waals surface area contributed by atoms with Crippen LogP contribution < -0.4 is 5.32 Å². The quantitative estimate of drug-likeness (QED) is 0.585. The van der Waals surface area contributed by atoms with Gasteiger partial charge in [0.15, 0.2) is 0 Å². The van der Waals surface area contributed by atoms with Gasteiger partial charge in [0.05, 0.1) is 10.6 Å². The van der Waals surface area contributed by atoms with Gasteiger partial charge in [-0.2, -0.15) is 0 Å². The summed E-state index contributed by atoms with van der Waals surface area (Å²) in [5.41, 5.74) is 2.40. The molecule has 0 aliphatic heterocycles. The van der Waals surface area contributed by atoms with Gasteiger partial charge < -0.3 is 5.32 Å². The Morgan fingerprint density at radius 2 is 2.10 bits per heavy atom. The van der Waals surface area contributed by atoms with Crippen molar-refractivity contribution < 1.29 is 4.92 Å². The zero-order valence-electron chi connectivity index (χ0n) is 12.9. The van der Waals surface area contributed by atoms with E-state index in [2.05, 4.69) is 24.1 Å². The fourth-order valence-electron chi connectivity index (χ4n) is 2.41. The van der Waals surface area contributed by atoms with Gasteiger partial charge in [-0.05, 0) is 46.1 Å². The summed E-state index contributed by atoms with van der Waals surface area (Å²) in [4.78, 5) is 15.2. The van der Waals surface area contributed by atoms with Gasteiger partial charge in [-0.1, -0.05) is 13.8 Å². The summed E-state index contributed by atoms with van der Waals surface area (Å²) in [6.45, 7) is 8.85. The van der Waals surface area contributed by atoms with Crippen LogP contribution in [0.5, 0.6) is 0 Å². The summed E-state index contributed by atoms with van der Waals surface area (Å²) in [5, 5.41) is 14.6. The van der Waals surface area contributed by atoms with Crippen LogP contribution in [0.25, 0.3) is 0 Å². The Hall–Kier alpha value is -1.49. The van der Waals surface area contributed by atoms with Crippen molar-refractivity contribution in [2.75, 3.05) is 6.54 Å². The van der Waals surface area contributed by atoms with Crippen molar-refractivity contribution in [3.05, 3.63) is 33.1 Å². The molecular weight excluding hydrogens is 254 g/mol. The first-order chi connectivity index (χ1) is 9.51. The summed E-state index contributed by atoms with van der Waals surface area (Å²) in [7, 11) is 0. The Labute approximate surface area is 121 Å². The molecule has 0 spiro atoms. The fraction of sp³-hybridized carbons (Fsp3) is 0.667. The molecule has 0 aliphatic rings. The van der Waals surface area contributed by atoms with E-state index < -0.39 is 0 Å². The fourth-order valence-corrected chi connectivity index (χ4v) is 2.41. The number of nitrogens with one attached hydrogen (secondary N) is 1. The van der Waals surface area contributed by atoms with E-state index in [0.29, 0.717) is 17.2 Å². The van der Waals surface area contributed by atoms with Gasteiger partial charge >= 0.3 is 0 Å². The van der Waals surface area contributed by atoms with Crippen molar-refractivity contribution in [2.24, 2.45) is 0 Å². The minimum Gasteiger partial charge on any atom is -0.314 e. The number of nitro groups is 1. The summed E-state index contributed by atoms with van der Waals surface area (Å²) in [6, 6.07) is 0.455. The molecule has 1 atom stereocenters. The highest BCUT2D eigenvalue weighted by molar-refractivity contribution is 5.47. The van der Waals surface area contributed by atoms with E-state index in [1.807, 2.05) is 0 Å². The lowest BCUT2D eigenvalue weighted by Gasteiger charge is -2.16. The van der Waals surface area contributed by atoms with Crippen LogP contribution in [-0.2, 0) is 6.42 Å². The van der Waals surface area contributed by atoms with Crippen LogP contribution in [0.2, 0.25) is 0 Å². The minimum absolute atomic E-state index is 0.213. The van der Waals surface area contributed by atoms with Crippen LogP contribution in [0.4, 0.5) is 5.69 Å². The lowest BCUT2D eigenvalue weighted by atomic mass is 10.0. The van der Waals surface area contributed by atoms with Crippen LogP contribution in [0.1, 0.15) is 49.9 Å². The van der Waals surface area contributed by atoms with E-state index in [9.17, 15) is 10.1 Å². The summed E-state index contributed by atoms with van der Waals surface area (Å²) < 4.78 is 0. The SMILES string of the molecule is CCCNC(CC)CCc1ncc(C)c([N+](=O)[O-])c1C. The van der Waals surface area contributed by atoms with E-state index in [1.54, 1.807) is 20.0 Å². The van der Waals surface area contributed by atoms with E-state index >= 15 is 0 Å². The number of pyridine rings is 1. The van der Waals surface area contributed by atoms with Crippen molar-refractivity contribution in [1.82, 2.24) is 10.3 Å². The van der Waals surface area contributed by atoms with Gasteiger partial charge in [-0.25, -0.2) is 0 Å². The smallest absolute Gasteiger partial charge is 0.278 e. The molecule has 112 valence electrons. The molecule has 5 nitrogen and oxygen atoms in total. The molecule has 0 amide bonds. The molecule has 0 bridgehead atoms. The lowest BCUT2D eigenvalue weighted by molar-refractivity contribution is -0.386. The number of nitrogens with zero attached hydrogens (tertiary/aromatic N) is 2. The van der Waals surface area contributed by atoms with Gasteiger partial charge in [-0.3, -0.25) is 15.1 Å². The molecule has 1 heterocycles. The Morgan fingerprint density at radius 1 is 1.40 bits per heavy atom. The van der Waals surface area contributed by atoms with E-state index in [-0.39, 0.29) is 10.6 Å². The topological polar surface area (TPSA) is 68.1 Å². The molecule has 5 heteroatoms. The molecule has 0 aliphatic carbocycles. The number of hydrogen-bond acceptors (Lipinski definition) is 4. The van der Waals surface area contributed by atoms with Crippen LogP contribution in [0, 0.1) is 24.0 Å². The molecule has 1 aromatic heterocycles. The zero-order chi connectivity index (χ0) is 15.1. The van der Waals surface area contributed by atoms with Gasteiger partial charge in [0.25, 0.3) is 5.69 Å². The molecule has 1 rings (SSSR count). The van der Waals surface area contributed by atoms with Gasteiger partial charge in [-0.15, -0.1) is 0 Å². The standard InChI is InChI=1S/C15H25N3O2/c1-5-9-16-13(6-2)7-8-14-12(4)15(18(19)20)11(3)10-17-14/h10,13,16H,5-9H2,1-4H3. The number of hydrogen-bond donors (Lipinski definition) is 1. The third-order valence-electron chi connectivity index (χ3n) is 3.66. The summed E-state index contributed by atoms with van der Waals surface area (Å²) >= 11 is 0. The van der Waals surface area contributed by atoms with Crippen LogP contribution >= 0.6 is 0 Å². The minimum atomic E-state index is -0.303. The molecule has 1 unspecified atom stereocenters. The third-order valence-corrected chi connectivity index (χ3v) is 3.66. The average Bonchev–Trinajstić information content (AvgIpc) is 2.40. The van der Waals surface area contributed by atoms with Crippen molar-refractivity contribution in [2.45, 2.75) is 59.4 Å². The molecule has 0 fully saturated rings. The van der Waals surface area contributed by atoms with Crippen LogP contribution in [0.3, 0.4) is 0 Å². The number of aryl methyl sites for hydroxylation is 2. The Bertz CT molecular complexity index is 461. The second-order valence-electron chi connectivity index (χ2n) is 5.22. The maximum Gasteiger partial charge on any atom is 0.278 e. The molecule has 0 saturated heterocycles. The monoisotopic (exact) mass is 279 g/mol. The lowest BCUT2D eigenvalue weighted by Crippen LogP contribution is -2.29. The second-order valence-corrected chi connectivity index (χ2v) is 5.22. The van der Waals surface area contributed by atoms with E-state index in [0.717, 1.165) is 37.9 Å². The van der Waals surface area contributed by atoms with Crippen molar-refractivity contribution in [3.63, 3.8) is 0 Å². The van der Waals surface area contributed by atoms with Crippen molar-refractivity contribution in [1.29, 1.82) is 0 Å². The Balaban J connectivity index is 2.78. The highest BCUT2D eigenvalue weighted by atomic mass is 16.6. The van der Waals surface area contributed by atoms with Crippen molar-refractivity contribution >= 4 is 5.69 Å². The summed E-state index contributed by atoms with van der Waals surface area (Å²) in [5.74, 6) is 0. The van der Waals surface area contributed by atoms with E-state index in [4.69, 9.17) is 0 Å². The van der Waals surface area contributed by atoms with Crippen LogP contribution in [-0.4, -0.2) is 22.5 Å². The molecular formula is C15H25N3O2. The predicted octanol–water partition coefficient (Wildman–Crippen LogP) is 3.32. The molecule has 0 saturated carbocycles. The first-order valence-corrected chi connectivity index (χ1v) is 7.34. The van der Waals surface area contributed by atoms with Crippen LogP contribution in [0.15, 0.2) is 6.20 Å². The Morgan fingerprint density at radius 3 is 2.65 bits per heavy atom. The third kappa shape index (κ3) is 4.27. The first-order valence-electron chi connectivity index (χ1n) is 7.34. The average molecular weight is 279 g/mol. The summed E-state index contributed by atoms with van der Waals surface area (Å²) in [6.07, 6.45) is 5.53. The van der Waals surface area contributed by atoms with Gasteiger partial charge in [0, 0.05) is 23.4 Å². The van der Waals surface area contributed by atoms with Gasteiger partial charge in [0.1, 0.15) is 0 Å². The first kappa shape index (κ1) is 16.6. The number of rotatable bonds is 8. The molecule has 1 N–H and O–H groups in total. The molecule has 0 aromatic carbocycles. The maximum absolute atomic E-state index is 11.1. The highest BCUT2D eigenvalue weighted by Crippen LogP contribution is 2.25. The largest absolute Gasteiger partial charge is 0.314 e. The molecule has 20 heavy (non-hydrogen) atoms. The molecule has 1 aromatic rings. The van der Waals surface area contributed by atoms with Crippen molar-refractivity contribution in [3.8, 4) is 0 Å². The zero-order valence-corrected chi connectivity index (χ0v) is 12.9. The van der Waals surface area contributed by atoms with E-state index in [1.165, 1.54) is 0 Å². The molecule has 0 radical (unpaired) electrons. The Kier molecular flexibility index (Phi) is 6.58. The number of aromatic nitrogens is 1.